The molecule has 0 amide bonds. The van der Waals surface area contributed by atoms with Gasteiger partial charge in [0.25, 0.3) is 0 Å². The Morgan fingerprint density at radius 2 is 2.00 bits per heavy atom. The lowest BCUT2D eigenvalue weighted by molar-refractivity contribution is 1.09. The second-order valence-corrected chi connectivity index (χ2v) is 3.28. The highest BCUT2D eigenvalue weighted by Crippen LogP contribution is 2.19. The minimum Gasteiger partial charge on any atom is -0.256 e. The Hall–Kier alpha value is -1.37. The van der Waals surface area contributed by atoms with Gasteiger partial charge in [0.05, 0.1) is 5.52 Å². The Bertz CT molecular complexity index is 432. The number of fused-ring (bicyclic) bond motifs is 1. The van der Waals surface area contributed by atoms with E-state index in [-0.39, 0.29) is 0 Å². The number of hydrogen-bond acceptors (Lipinski definition) is 1. The van der Waals surface area contributed by atoms with Crippen LogP contribution >= 0.6 is 0 Å². The van der Waals surface area contributed by atoms with Crippen LogP contribution in [0.1, 0.15) is 18.1 Å². The highest BCUT2D eigenvalue weighted by atomic mass is 14.6. The van der Waals surface area contributed by atoms with Crippen LogP contribution in [0.3, 0.4) is 0 Å². The van der Waals surface area contributed by atoms with Crippen LogP contribution in [0, 0.1) is 6.92 Å². The molecule has 0 aliphatic heterocycles. The average Bonchev–Trinajstić information content (AvgIpc) is 2.19. The molecule has 13 heavy (non-hydrogen) atoms. The van der Waals surface area contributed by atoms with Gasteiger partial charge in [-0.05, 0) is 30.5 Å². The summed E-state index contributed by atoms with van der Waals surface area (Å²) in [7, 11) is 0. The molecule has 0 fully saturated rings. The molecule has 1 nitrogen and oxygen atoms in total. The summed E-state index contributed by atoms with van der Waals surface area (Å²) in [6, 6.07) is 8.29. The molecule has 1 aromatic heterocycles. The molecule has 0 atom stereocenters. The fourth-order valence-electron chi connectivity index (χ4n) is 1.68. The summed E-state index contributed by atoms with van der Waals surface area (Å²) in [5, 5.41) is 1.28. The summed E-state index contributed by atoms with van der Waals surface area (Å²) >= 11 is 0. The number of hydrogen-bond donors (Lipinski definition) is 0. The van der Waals surface area contributed by atoms with Gasteiger partial charge in [0.2, 0.25) is 0 Å². The van der Waals surface area contributed by atoms with Crippen LogP contribution in [0.15, 0.2) is 30.5 Å². The molecule has 0 spiro atoms. The summed E-state index contributed by atoms with van der Waals surface area (Å²) < 4.78 is 0. The molecule has 1 aromatic carbocycles. The van der Waals surface area contributed by atoms with Gasteiger partial charge in [-0.3, -0.25) is 4.98 Å². The molecular weight excluding hydrogens is 158 g/mol. The SMILES string of the molecule is CCc1cnc2ccccc2c1C. The molecule has 0 radical (unpaired) electrons. The van der Waals surface area contributed by atoms with Gasteiger partial charge in [0.15, 0.2) is 0 Å². The van der Waals surface area contributed by atoms with E-state index in [1.807, 2.05) is 12.3 Å². The molecule has 0 saturated carbocycles. The maximum Gasteiger partial charge on any atom is 0.0704 e. The summed E-state index contributed by atoms with van der Waals surface area (Å²) in [4.78, 5) is 4.41. The first kappa shape index (κ1) is 8.24. The van der Waals surface area contributed by atoms with Crippen molar-refractivity contribution in [2.45, 2.75) is 20.3 Å². The summed E-state index contributed by atoms with van der Waals surface area (Å²) in [6.07, 6.45) is 3.04. The zero-order valence-electron chi connectivity index (χ0n) is 8.04. The number of rotatable bonds is 1. The van der Waals surface area contributed by atoms with Crippen LogP contribution in [0.5, 0.6) is 0 Å². The number of para-hydroxylation sites is 1. The Morgan fingerprint density at radius 3 is 2.77 bits per heavy atom. The van der Waals surface area contributed by atoms with Gasteiger partial charge in [-0.1, -0.05) is 25.1 Å². The summed E-state index contributed by atoms with van der Waals surface area (Å²) in [5.41, 5.74) is 3.81. The van der Waals surface area contributed by atoms with Crippen molar-refractivity contribution in [2.75, 3.05) is 0 Å². The van der Waals surface area contributed by atoms with Gasteiger partial charge in [0, 0.05) is 11.6 Å². The fraction of sp³-hybridized carbons (Fsp3) is 0.250. The van der Waals surface area contributed by atoms with E-state index >= 15 is 0 Å². The van der Waals surface area contributed by atoms with Gasteiger partial charge in [-0.2, -0.15) is 0 Å². The Kier molecular flexibility index (Phi) is 2.01. The zero-order chi connectivity index (χ0) is 9.26. The smallest absolute Gasteiger partial charge is 0.0704 e. The van der Waals surface area contributed by atoms with E-state index in [9.17, 15) is 0 Å². The first-order valence-electron chi connectivity index (χ1n) is 4.66. The third kappa shape index (κ3) is 1.31. The van der Waals surface area contributed by atoms with E-state index in [1.54, 1.807) is 0 Å². The van der Waals surface area contributed by atoms with E-state index in [0.29, 0.717) is 0 Å². The predicted octanol–water partition coefficient (Wildman–Crippen LogP) is 3.11. The van der Waals surface area contributed by atoms with Crippen molar-refractivity contribution in [1.82, 2.24) is 4.98 Å². The van der Waals surface area contributed by atoms with Crippen LogP contribution in [0.25, 0.3) is 10.9 Å². The lowest BCUT2D eigenvalue weighted by Gasteiger charge is -2.05. The third-order valence-electron chi connectivity index (χ3n) is 2.53. The normalized spacial score (nSPS) is 10.6. The molecule has 1 heteroatoms. The van der Waals surface area contributed by atoms with Crippen molar-refractivity contribution in [2.24, 2.45) is 0 Å². The maximum absolute atomic E-state index is 4.41. The molecule has 2 aromatic rings. The van der Waals surface area contributed by atoms with E-state index in [2.05, 4.69) is 37.0 Å². The minimum atomic E-state index is 1.06. The fourth-order valence-corrected chi connectivity index (χ4v) is 1.68. The van der Waals surface area contributed by atoms with Crippen LogP contribution in [0.2, 0.25) is 0 Å². The summed E-state index contributed by atoms with van der Waals surface area (Å²) in [5.74, 6) is 0. The first-order chi connectivity index (χ1) is 6.33. The van der Waals surface area contributed by atoms with Gasteiger partial charge < -0.3 is 0 Å². The second kappa shape index (κ2) is 3.17. The van der Waals surface area contributed by atoms with Crippen molar-refractivity contribution >= 4 is 10.9 Å². The number of aryl methyl sites for hydroxylation is 2. The van der Waals surface area contributed by atoms with Crippen molar-refractivity contribution in [1.29, 1.82) is 0 Å². The Balaban J connectivity index is 2.79. The van der Waals surface area contributed by atoms with Gasteiger partial charge >= 0.3 is 0 Å². The highest BCUT2D eigenvalue weighted by molar-refractivity contribution is 5.82. The van der Waals surface area contributed by atoms with Gasteiger partial charge in [-0.25, -0.2) is 0 Å². The van der Waals surface area contributed by atoms with E-state index in [4.69, 9.17) is 0 Å². The monoisotopic (exact) mass is 171 g/mol. The van der Waals surface area contributed by atoms with E-state index in [0.717, 1.165) is 11.9 Å². The van der Waals surface area contributed by atoms with Crippen molar-refractivity contribution in [3.63, 3.8) is 0 Å². The van der Waals surface area contributed by atoms with E-state index < -0.39 is 0 Å². The third-order valence-corrected chi connectivity index (χ3v) is 2.53. The van der Waals surface area contributed by atoms with Crippen molar-refractivity contribution in [3.8, 4) is 0 Å². The topological polar surface area (TPSA) is 12.9 Å². The average molecular weight is 171 g/mol. The molecule has 0 saturated heterocycles. The maximum atomic E-state index is 4.41. The molecule has 0 bridgehead atoms. The van der Waals surface area contributed by atoms with E-state index in [1.165, 1.54) is 16.5 Å². The number of aromatic nitrogens is 1. The lowest BCUT2D eigenvalue weighted by Crippen LogP contribution is -1.90. The van der Waals surface area contributed by atoms with Crippen molar-refractivity contribution in [3.05, 3.63) is 41.6 Å². The molecule has 66 valence electrons. The molecule has 0 aliphatic carbocycles. The molecule has 1 heterocycles. The first-order valence-corrected chi connectivity index (χ1v) is 4.66. The molecular formula is C12H13N. The van der Waals surface area contributed by atoms with Crippen LogP contribution in [-0.4, -0.2) is 4.98 Å². The van der Waals surface area contributed by atoms with Crippen LogP contribution in [0.4, 0.5) is 0 Å². The quantitative estimate of drug-likeness (QED) is 0.642. The highest BCUT2D eigenvalue weighted by Gasteiger charge is 2.01. The summed E-state index contributed by atoms with van der Waals surface area (Å²) in [6.45, 7) is 4.33. The van der Waals surface area contributed by atoms with Gasteiger partial charge in [0.1, 0.15) is 0 Å². The minimum absolute atomic E-state index is 1.06. The standard InChI is InChI=1S/C12H13N/c1-3-10-8-13-12-7-5-4-6-11(12)9(10)2/h4-8H,3H2,1-2H3. The lowest BCUT2D eigenvalue weighted by atomic mass is 10.0. The number of pyridine rings is 1. The van der Waals surface area contributed by atoms with Crippen LogP contribution < -0.4 is 0 Å². The number of benzene rings is 1. The molecule has 0 aliphatic rings. The molecule has 0 N–H and O–H groups in total. The van der Waals surface area contributed by atoms with Gasteiger partial charge in [-0.15, -0.1) is 0 Å². The second-order valence-electron chi connectivity index (χ2n) is 3.28. The zero-order valence-corrected chi connectivity index (χ0v) is 8.04. The number of nitrogens with zero attached hydrogens (tertiary/aromatic N) is 1. The Morgan fingerprint density at radius 1 is 1.23 bits per heavy atom. The van der Waals surface area contributed by atoms with Crippen LogP contribution in [-0.2, 0) is 6.42 Å². The predicted molar refractivity (Wildman–Crippen MR) is 55.9 cm³/mol. The van der Waals surface area contributed by atoms with Crippen molar-refractivity contribution < 1.29 is 0 Å². The Labute approximate surface area is 78.4 Å². The largest absolute Gasteiger partial charge is 0.256 e. The molecule has 2 rings (SSSR count). The molecule has 0 unspecified atom stereocenters.